The number of nitrogens with zero attached hydrogens (tertiary/aromatic N) is 1. The van der Waals surface area contributed by atoms with Gasteiger partial charge in [-0.05, 0) is 39.5 Å². The maximum absolute atomic E-state index is 11.8. The number of carbonyl (C=O) groups excluding carboxylic acids is 1. The van der Waals surface area contributed by atoms with E-state index in [9.17, 15) is 9.90 Å². The molecular weight excluding hydrogens is 206 g/mol. The van der Waals surface area contributed by atoms with E-state index < -0.39 is 5.60 Å². The smallest absolute Gasteiger partial charge is 0.410 e. The summed E-state index contributed by atoms with van der Waals surface area (Å²) in [6.07, 6.45) is 1.03. The molecule has 0 radical (unpaired) electrons. The van der Waals surface area contributed by atoms with E-state index in [1.807, 2.05) is 27.7 Å². The summed E-state index contributed by atoms with van der Waals surface area (Å²) in [5, 5.41) is 9.71. The number of aliphatic hydroxyl groups is 1. The number of likely N-dealkylation sites (tertiary alicyclic amines) is 1. The van der Waals surface area contributed by atoms with E-state index in [0.29, 0.717) is 13.1 Å². The third-order valence-electron chi connectivity index (χ3n) is 2.74. The maximum atomic E-state index is 11.8. The molecule has 0 spiro atoms. The quantitative estimate of drug-likeness (QED) is 0.691. The zero-order valence-corrected chi connectivity index (χ0v) is 10.7. The molecule has 1 fully saturated rings. The molecule has 0 saturated carbocycles. The number of aliphatic hydroxyl groups excluding tert-OH is 1. The zero-order chi connectivity index (χ0) is 12.3. The van der Waals surface area contributed by atoms with E-state index in [1.54, 1.807) is 4.90 Å². The van der Waals surface area contributed by atoms with Crippen LogP contribution >= 0.6 is 0 Å². The number of hydrogen-bond donors (Lipinski definition) is 1. The van der Waals surface area contributed by atoms with Gasteiger partial charge in [0.05, 0.1) is 6.10 Å². The Labute approximate surface area is 97.6 Å². The molecule has 1 aliphatic heterocycles. The SMILES string of the molecule is C[C@H]1CN(C(=O)OC(C)(C)C)CCC[C@H]1O. The van der Waals surface area contributed by atoms with E-state index >= 15 is 0 Å². The van der Waals surface area contributed by atoms with Gasteiger partial charge in [0.2, 0.25) is 0 Å². The van der Waals surface area contributed by atoms with E-state index in [-0.39, 0.29) is 18.1 Å². The second kappa shape index (κ2) is 5.04. The zero-order valence-electron chi connectivity index (χ0n) is 10.7. The first-order valence-electron chi connectivity index (χ1n) is 5.95. The molecule has 94 valence electrons. The average molecular weight is 229 g/mol. The number of rotatable bonds is 0. The Balaban J connectivity index is 2.56. The van der Waals surface area contributed by atoms with Gasteiger partial charge in [-0.25, -0.2) is 4.79 Å². The van der Waals surface area contributed by atoms with Gasteiger partial charge >= 0.3 is 6.09 Å². The molecule has 1 N–H and O–H groups in total. The molecule has 0 aromatic heterocycles. The van der Waals surface area contributed by atoms with Gasteiger partial charge in [0, 0.05) is 13.1 Å². The van der Waals surface area contributed by atoms with Gasteiger partial charge in [-0.3, -0.25) is 0 Å². The predicted octanol–water partition coefficient (Wildman–Crippen LogP) is 2.01. The molecular formula is C12H23NO3. The minimum atomic E-state index is -0.453. The highest BCUT2D eigenvalue weighted by molar-refractivity contribution is 5.68. The Hall–Kier alpha value is -0.770. The molecule has 16 heavy (non-hydrogen) atoms. The lowest BCUT2D eigenvalue weighted by atomic mass is 10.0. The lowest BCUT2D eigenvalue weighted by Gasteiger charge is -2.27. The van der Waals surface area contributed by atoms with Crippen LogP contribution in [0.1, 0.15) is 40.5 Å². The molecule has 1 rings (SSSR count). The largest absolute Gasteiger partial charge is 0.444 e. The molecule has 2 atom stereocenters. The van der Waals surface area contributed by atoms with Crippen LogP contribution in [0.5, 0.6) is 0 Å². The van der Waals surface area contributed by atoms with Crippen LogP contribution in [0.4, 0.5) is 4.79 Å². The molecule has 4 heteroatoms. The lowest BCUT2D eigenvalue weighted by Crippen LogP contribution is -2.39. The third kappa shape index (κ3) is 4.00. The van der Waals surface area contributed by atoms with Gasteiger partial charge in [0.15, 0.2) is 0 Å². The van der Waals surface area contributed by atoms with Crippen LogP contribution < -0.4 is 0 Å². The summed E-state index contributed by atoms with van der Waals surface area (Å²) in [5.41, 5.74) is -0.453. The first-order valence-corrected chi connectivity index (χ1v) is 5.95. The summed E-state index contributed by atoms with van der Waals surface area (Å²) in [6.45, 7) is 8.81. The Bertz CT molecular complexity index is 247. The number of carbonyl (C=O) groups is 1. The first-order chi connectivity index (χ1) is 7.29. The topological polar surface area (TPSA) is 49.8 Å². The Morgan fingerprint density at radius 3 is 2.62 bits per heavy atom. The van der Waals surface area contributed by atoms with Crippen LogP contribution in [0.3, 0.4) is 0 Å². The summed E-state index contributed by atoms with van der Waals surface area (Å²) < 4.78 is 5.32. The van der Waals surface area contributed by atoms with E-state index in [1.165, 1.54) is 0 Å². The molecule has 0 bridgehead atoms. The summed E-state index contributed by atoms with van der Waals surface area (Å²) >= 11 is 0. The normalized spacial score (nSPS) is 27.4. The van der Waals surface area contributed by atoms with Crippen LogP contribution in [-0.4, -0.2) is 40.9 Å². The second-order valence-electron chi connectivity index (χ2n) is 5.61. The Morgan fingerprint density at radius 1 is 1.44 bits per heavy atom. The van der Waals surface area contributed by atoms with Crippen LogP contribution in [-0.2, 0) is 4.74 Å². The molecule has 0 aliphatic carbocycles. The van der Waals surface area contributed by atoms with Crippen LogP contribution in [0, 0.1) is 5.92 Å². The lowest BCUT2D eigenvalue weighted by molar-refractivity contribution is 0.0212. The van der Waals surface area contributed by atoms with Crippen molar-refractivity contribution in [3.05, 3.63) is 0 Å². The molecule has 4 nitrogen and oxygen atoms in total. The van der Waals surface area contributed by atoms with Crippen LogP contribution in [0.25, 0.3) is 0 Å². The Morgan fingerprint density at radius 2 is 2.06 bits per heavy atom. The van der Waals surface area contributed by atoms with Crippen molar-refractivity contribution in [2.45, 2.75) is 52.2 Å². The van der Waals surface area contributed by atoms with Gasteiger partial charge in [0.1, 0.15) is 5.60 Å². The number of amides is 1. The van der Waals surface area contributed by atoms with Crippen molar-refractivity contribution >= 4 is 6.09 Å². The molecule has 1 saturated heterocycles. The minimum Gasteiger partial charge on any atom is -0.444 e. The number of hydrogen-bond acceptors (Lipinski definition) is 3. The van der Waals surface area contributed by atoms with Crippen molar-refractivity contribution in [1.29, 1.82) is 0 Å². The molecule has 0 aromatic carbocycles. The monoisotopic (exact) mass is 229 g/mol. The van der Waals surface area contributed by atoms with Crippen molar-refractivity contribution in [3.8, 4) is 0 Å². The molecule has 0 unspecified atom stereocenters. The highest BCUT2D eigenvalue weighted by Gasteiger charge is 2.28. The summed E-state index contributed by atoms with van der Waals surface area (Å²) in [4.78, 5) is 13.5. The minimum absolute atomic E-state index is 0.120. The molecule has 0 aromatic rings. The summed E-state index contributed by atoms with van der Waals surface area (Å²) in [6, 6.07) is 0. The molecule has 1 amide bonds. The van der Waals surface area contributed by atoms with Crippen molar-refractivity contribution < 1.29 is 14.6 Å². The van der Waals surface area contributed by atoms with E-state index in [2.05, 4.69) is 0 Å². The standard InChI is InChI=1S/C12H23NO3/c1-9-8-13(7-5-6-10(9)14)11(15)16-12(2,3)4/h9-10,14H,5-8H2,1-4H3/t9-,10+/m0/s1. The first kappa shape index (κ1) is 13.3. The van der Waals surface area contributed by atoms with Gasteiger partial charge in [-0.15, -0.1) is 0 Å². The van der Waals surface area contributed by atoms with Gasteiger partial charge in [-0.2, -0.15) is 0 Å². The van der Waals surface area contributed by atoms with Crippen molar-refractivity contribution in [2.24, 2.45) is 5.92 Å². The van der Waals surface area contributed by atoms with Crippen molar-refractivity contribution in [1.82, 2.24) is 4.90 Å². The van der Waals surface area contributed by atoms with E-state index in [4.69, 9.17) is 4.74 Å². The van der Waals surface area contributed by atoms with Gasteiger partial charge < -0.3 is 14.7 Å². The Kier molecular flexibility index (Phi) is 4.19. The van der Waals surface area contributed by atoms with Crippen LogP contribution in [0.2, 0.25) is 0 Å². The number of ether oxygens (including phenoxy) is 1. The molecule has 1 aliphatic rings. The summed E-state index contributed by atoms with van der Waals surface area (Å²) in [7, 11) is 0. The summed E-state index contributed by atoms with van der Waals surface area (Å²) in [5.74, 6) is 0.120. The van der Waals surface area contributed by atoms with E-state index in [0.717, 1.165) is 12.8 Å². The van der Waals surface area contributed by atoms with Gasteiger partial charge in [-0.1, -0.05) is 6.92 Å². The van der Waals surface area contributed by atoms with Crippen molar-refractivity contribution in [2.75, 3.05) is 13.1 Å². The highest BCUT2D eigenvalue weighted by Crippen LogP contribution is 2.19. The van der Waals surface area contributed by atoms with Gasteiger partial charge in [0.25, 0.3) is 0 Å². The van der Waals surface area contributed by atoms with Crippen molar-refractivity contribution in [3.63, 3.8) is 0 Å². The highest BCUT2D eigenvalue weighted by atomic mass is 16.6. The fourth-order valence-electron chi connectivity index (χ4n) is 1.83. The third-order valence-corrected chi connectivity index (χ3v) is 2.74. The second-order valence-corrected chi connectivity index (χ2v) is 5.61. The average Bonchev–Trinajstić information content (AvgIpc) is 2.27. The molecule has 1 heterocycles. The van der Waals surface area contributed by atoms with Crippen LogP contribution in [0.15, 0.2) is 0 Å². The fraction of sp³-hybridized carbons (Fsp3) is 0.917. The maximum Gasteiger partial charge on any atom is 0.410 e. The fourth-order valence-corrected chi connectivity index (χ4v) is 1.83. The predicted molar refractivity (Wildman–Crippen MR) is 62.2 cm³/mol.